The van der Waals surface area contributed by atoms with E-state index in [-0.39, 0.29) is 11.6 Å². The van der Waals surface area contributed by atoms with Crippen LogP contribution in [0.3, 0.4) is 0 Å². The van der Waals surface area contributed by atoms with Crippen LogP contribution in [0, 0.1) is 11.8 Å². The van der Waals surface area contributed by atoms with Crippen molar-refractivity contribution in [3.8, 4) is 11.1 Å². The molecule has 31 heavy (non-hydrogen) atoms. The van der Waals surface area contributed by atoms with Crippen LogP contribution in [0.1, 0.15) is 12.8 Å². The van der Waals surface area contributed by atoms with Gasteiger partial charge in [0, 0.05) is 62.1 Å². The summed E-state index contributed by atoms with van der Waals surface area (Å²) in [5.74, 6) is 1.63. The Morgan fingerprint density at radius 2 is 1.90 bits per heavy atom. The van der Waals surface area contributed by atoms with Gasteiger partial charge in [-0.25, -0.2) is 0 Å². The molecule has 0 radical (unpaired) electrons. The van der Waals surface area contributed by atoms with Crippen molar-refractivity contribution >= 4 is 39.5 Å². The van der Waals surface area contributed by atoms with Crippen molar-refractivity contribution in [3.63, 3.8) is 0 Å². The maximum Gasteiger partial charge on any atom is 0.264 e. The lowest BCUT2D eigenvalue weighted by Gasteiger charge is -2.37. The Morgan fingerprint density at radius 3 is 2.65 bits per heavy atom. The molecule has 2 aliphatic rings. The number of nitrogens with one attached hydrogen (secondary N) is 1. The molecule has 2 bridgehead atoms. The molecule has 2 fully saturated rings. The summed E-state index contributed by atoms with van der Waals surface area (Å²) in [5, 5.41) is 6.40. The van der Waals surface area contributed by atoms with E-state index in [9.17, 15) is 4.79 Å². The van der Waals surface area contributed by atoms with Gasteiger partial charge in [-0.15, -0.1) is 0 Å². The van der Waals surface area contributed by atoms with Crippen molar-refractivity contribution in [3.05, 3.63) is 39.9 Å². The number of nitrogens with zero attached hydrogens (tertiary/aromatic N) is 5. The topological polar surface area (TPSA) is 97.8 Å². The standard InChI is InChI=1S/C22H24ClN7O/c1-28-10-15-16(27-28)6-5-13(18(15)23)14-7-25-20-17(14)21(31)29(2)22(26-20)30-8-11-3-4-12(9-30)19(11)24/h5-7,10-12,19,25H,3-4,8-9,24H2,1-2H3/t11-,12+,19-. The summed E-state index contributed by atoms with van der Waals surface area (Å²) in [6.45, 7) is 1.70. The van der Waals surface area contributed by atoms with Crippen LogP contribution in [0.5, 0.6) is 0 Å². The monoisotopic (exact) mass is 437 g/mol. The van der Waals surface area contributed by atoms with Crippen molar-refractivity contribution in [1.82, 2.24) is 24.3 Å². The maximum atomic E-state index is 13.5. The Bertz CT molecular complexity index is 1390. The molecule has 1 aliphatic carbocycles. The zero-order chi connectivity index (χ0) is 21.4. The molecule has 1 saturated carbocycles. The molecule has 1 aromatic carbocycles. The lowest BCUT2D eigenvalue weighted by Crippen LogP contribution is -2.50. The van der Waals surface area contributed by atoms with E-state index in [1.54, 1.807) is 16.3 Å². The first kappa shape index (κ1) is 18.9. The molecule has 1 aliphatic heterocycles. The highest BCUT2D eigenvalue weighted by molar-refractivity contribution is 6.38. The third-order valence-electron chi connectivity index (χ3n) is 7.11. The number of H-pyrrole nitrogens is 1. The van der Waals surface area contributed by atoms with E-state index in [2.05, 4.69) is 15.0 Å². The number of nitrogens with two attached hydrogens (primary N) is 1. The van der Waals surface area contributed by atoms with E-state index in [0.29, 0.717) is 33.8 Å². The lowest BCUT2D eigenvalue weighted by molar-refractivity contribution is 0.351. The highest BCUT2D eigenvalue weighted by Crippen LogP contribution is 2.38. The highest BCUT2D eigenvalue weighted by atomic mass is 35.5. The van der Waals surface area contributed by atoms with Crippen molar-refractivity contribution < 1.29 is 0 Å². The quantitative estimate of drug-likeness (QED) is 0.502. The molecule has 3 aromatic heterocycles. The third-order valence-corrected chi connectivity index (χ3v) is 7.51. The van der Waals surface area contributed by atoms with Crippen molar-refractivity contribution in [2.45, 2.75) is 18.9 Å². The second kappa shape index (κ2) is 6.58. The number of hydrogen-bond acceptors (Lipinski definition) is 5. The van der Waals surface area contributed by atoms with Gasteiger partial charge < -0.3 is 15.6 Å². The fraction of sp³-hybridized carbons (Fsp3) is 0.409. The van der Waals surface area contributed by atoms with Gasteiger partial charge >= 0.3 is 0 Å². The van der Waals surface area contributed by atoms with Crippen molar-refractivity contribution in [2.24, 2.45) is 31.7 Å². The van der Waals surface area contributed by atoms with E-state index in [1.807, 2.05) is 31.6 Å². The predicted octanol–water partition coefficient (Wildman–Crippen LogP) is 2.64. The van der Waals surface area contributed by atoms with Crippen LogP contribution in [0.4, 0.5) is 5.95 Å². The summed E-state index contributed by atoms with van der Waals surface area (Å²) in [6.07, 6.45) is 6.02. The predicted molar refractivity (Wildman–Crippen MR) is 122 cm³/mol. The summed E-state index contributed by atoms with van der Waals surface area (Å²) in [4.78, 5) is 23.7. The van der Waals surface area contributed by atoms with E-state index in [4.69, 9.17) is 22.3 Å². The minimum absolute atomic E-state index is 0.0826. The van der Waals surface area contributed by atoms with Gasteiger partial charge in [-0.05, 0) is 30.7 Å². The molecular weight excluding hydrogens is 414 g/mol. The van der Waals surface area contributed by atoms with Crippen LogP contribution >= 0.6 is 11.6 Å². The first-order valence-electron chi connectivity index (χ1n) is 10.6. The largest absolute Gasteiger partial charge is 0.345 e. The number of hydrogen-bond donors (Lipinski definition) is 2. The summed E-state index contributed by atoms with van der Waals surface area (Å²) in [5.41, 5.74) is 9.24. The molecule has 0 amide bonds. The molecule has 4 aromatic rings. The van der Waals surface area contributed by atoms with Gasteiger partial charge in [-0.3, -0.25) is 14.0 Å². The molecule has 3 atom stereocenters. The Kier molecular flexibility index (Phi) is 4.01. The van der Waals surface area contributed by atoms with Crippen molar-refractivity contribution in [2.75, 3.05) is 18.0 Å². The Labute approximate surface area is 183 Å². The number of halogens is 1. The molecule has 9 heteroatoms. The molecule has 6 rings (SSSR count). The van der Waals surface area contributed by atoms with Crippen LogP contribution in [0.2, 0.25) is 5.02 Å². The summed E-state index contributed by atoms with van der Waals surface area (Å²) >= 11 is 6.73. The minimum Gasteiger partial charge on any atom is -0.345 e. The number of aromatic nitrogens is 5. The number of anilines is 1. The lowest BCUT2D eigenvalue weighted by atomic mass is 9.93. The summed E-state index contributed by atoms with van der Waals surface area (Å²) in [6, 6.07) is 4.10. The van der Waals surface area contributed by atoms with Crippen LogP contribution in [-0.4, -0.2) is 43.4 Å². The van der Waals surface area contributed by atoms with Gasteiger partial charge in [0.2, 0.25) is 5.95 Å². The third kappa shape index (κ3) is 2.68. The average molecular weight is 438 g/mol. The fourth-order valence-electron chi connectivity index (χ4n) is 5.46. The Morgan fingerprint density at radius 1 is 1.16 bits per heavy atom. The fourth-order valence-corrected chi connectivity index (χ4v) is 5.77. The number of fused-ring (bicyclic) bond motifs is 4. The zero-order valence-electron chi connectivity index (χ0n) is 17.5. The second-order valence-electron chi connectivity index (χ2n) is 8.94. The second-order valence-corrected chi connectivity index (χ2v) is 9.32. The normalized spacial score (nSPS) is 23.4. The molecule has 160 valence electrons. The van der Waals surface area contributed by atoms with Crippen molar-refractivity contribution in [1.29, 1.82) is 0 Å². The number of benzene rings is 1. The van der Waals surface area contributed by atoms with E-state index >= 15 is 0 Å². The summed E-state index contributed by atoms with van der Waals surface area (Å²) < 4.78 is 3.40. The molecule has 8 nitrogen and oxygen atoms in total. The maximum absolute atomic E-state index is 13.5. The Balaban J connectivity index is 1.48. The SMILES string of the molecule is Cn1cc2c(Cl)c(-c3c[nH]c4nc(N5C[C@H]6CC[C@@H](C5)[C@@H]6N)n(C)c(=O)c34)ccc2n1. The van der Waals surface area contributed by atoms with Crippen LogP contribution in [-0.2, 0) is 14.1 Å². The van der Waals surface area contributed by atoms with Gasteiger partial charge in [0.25, 0.3) is 5.56 Å². The molecular formula is C22H24ClN7O. The highest BCUT2D eigenvalue weighted by Gasteiger charge is 2.40. The number of piperidine rings is 1. The zero-order valence-corrected chi connectivity index (χ0v) is 18.2. The smallest absolute Gasteiger partial charge is 0.264 e. The van der Waals surface area contributed by atoms with Crippen LogP contribution in [0.15, 0.2) is 29.3 Å². The molecule has 1 saturated heterocycles. The van der Waals surface area contributed by atoms with E-state index in [1.165, 1.54) is 0 Å². The molecule has 0 unspecified atom stereocenters. The van der Waals surface area contributed by atoms with Gasteiger partial charge in [0.05, 0.1) is 15.9 Å². The summed E-state index contributed by atoms with van der Waals surface area (Å²) in [7, 11) is 3.66. The minimum atomic E-state index is -0.0826. The average Bonchev–Trinajstić information content (AvgIpc) is 3.38. The molecule has 0 spiro atoms. The first-order chi connectivity index (χ1) is 14.9. The first-order valence-corrected chi connectivity index (χ1v) is 11.0. The van der Waals surface area contributed by atoms with Gasteiger partial charge in [0.15, 0.2) is 0 Å². The van der Waals surface area contributed by atoms with Gasteiger partial charge in [-0.2, -0.15) is 10.1 Å². The molecule has 3 N–H and O–H groups in total. The van der Waals surface area contributed by atoms with Crippen LogP contribution < -0.4 is 16.2 Å². The number of aromatic amines is 1. The van der Waals surface area contributed by atoms with E-state index < -0.39 is 0 Å². The van der Waals surface area contributed by atoms with Crippen LogP contribution in [0.25, 0.3) is 33.1 Å². The van der Waals surface area contributed by atoms with Gasteiger partial charge in [-0.1, -0.05) is 17.7 Å². The Hall–Kier alpha value is -2.84. The van der Waals surface area contributed by atoms with E-state index in [0.717, 1.165) is 48.0 Å². The molecule has 4 heterocycles. The number of rotatable bonds is 2. The van der Waals surface area contributed by atoms with Gasteiger partial charge in [0.1, 0.15) is 5.65 Å². The number of aryl methyl sites for hydroxylation is 1.